The van der Waals surface area contributed by atoms with E-state index in [2.05, 4.69) is 11.4 Å². The van der Waals surface area contributed by atoms with E-state index in [1.807, 2.05) is 48.5 Å². The summed E-state index contributed by atoms with van der Waals surface area (Å²) < 4.78 is 5.36. The van der Waals surface area contributed by atoms with Crippen LogP contribution in [0.1, 0.15) is 40.7 Å². The second kappa shape index (κ2) is 11.0. The van der Waals surface area contributed by atoms with Crippen LogP contribution in [0.5, 0.6) is 5.75 Å². The summed E-state index contributed by atoms with van der Waals surface area (Å²) in [5, 5.41) is 12.1. The van der Waals surface area contributed by atoms with E-state index < -0.39 is 5.97 Å². The van der Waals surface area contributed by atoms with Crippen molar-refractivity contribution >= 4 is 11.9 Å². The van der Waals surface area contributed by atoms with E-state index in [1.54, 1.807) is 25.3 Å². The summed E-state index contributed by atoms with van der Waals surface area (Å²) in [5.41, 5.74) is 4.22. The van der Waals surface area contributed by atoms with E-state index in [4.69, 9.17) is 9.84 Å². The van der Waals surface area contributed by atoms with Crippen LogP contribution in [0.3, 0.4) is 0 Å². The van der Waals surface area contributed by atoms with Crippen molar-refractivity contribution in [2.45, 2.75) is 32.2 Å². The van der Waals surface area contributed by atoms with E-state index in [-0.39, 0.29) is 11.5 Å². The molecule has 0 heterocycles. The molecule has 0 spiro atoms. The molecule has 0 saturated carbocycles. The van der Waals surface area contributed by atoms with Gasteiger partial charge in [-0.2, -0.15) is 0 Å². The van der Waals surface area contributed by atoms with Crippen molar-refractivity contribution in [3.05, 3.63) is 89.5 Å². The van der Waals surface area contributed by atoms with E-state index >= 15 is 0 Å². The Morgan fingerprint density at radius 1 is 0.903 bits per heavy atom. The monoisotopic (exact) mass is 417 g/mol. The molecule has 3 aromatic carbocycles. The molecule has 0 fully saturated rings. The fourth-order valence-corrected chi connectivity index (χ4v) is 3.45. The number of carbonyl (C=O) groups is 2. The Hall–Kier alpha value is -3.60. The lowest BCUT2D eigenvalue weighted by Crippen LogP contribution is -2.22. The number of benzene rings is 3. The van der Waals surface area contributed by atoms with Crippen LogP contribution in [-0.4, -0.2) is 24.1 Å². The van der Waals surface area contributed by atoms with Crippen LogP contribution < -0.4 is 10.1 Å². The summed E-state index contributed by atoms with van der Waals surface area (Å²) in [5.74, 6) is -0.00700. The summed E-state index contributed by atoms with van der Waals surface area (Å²) >= 11 is 0. The Labute approximate surface area is 182 Å². The third kappa shape index (κ3) is 6.44. The van der Waals surface area contributed by atoms with Crippen LogP contribution >= 0.6 is 0 Å². The van der Waals surface area contributed by atoms with Crippen molar-refractivity contribution in [2.24, 2.45) is 0 Å². The van der Waals surface area contributed by atoms with Gasteiger partial charge in [0.15, 0.2) is 0 Å². The Kier molecular flexibility index (Phi) is 7.82. The molecular weight excluding hydrogens is 390 g/mol. The summed E-state index contributed by atoms with van der Waals surface area (Å²) in [7, 11) is 1.67. The number of amides is 1. The molecule has 3 rings (SSSR count). The van der Waals surface area contributed by atoms with Gasteiger partial charge in [0, 0.05) is 13.0 Å². The Morgan fingerprint density at radius 2 is 1.68 bits per heavy atom. The van der Waals surface area contributed by atoms with Crippen molar-refractivity contribution in [1.82, 2.24) is 5.32 Å². The van der Waals surface area contributed by atoms with Crippen LogP contribution in [0.2, 0.25) is 0 Å². The van der Waals surface area contributed by atoms with Gasteiger partial charge in [-0.25, -0.2) is 4.79 Å². The fourth-order valence-electron chi connectivity index (χ4n) is 3.45. The number of nitrogens with one attached hydrogen (secondary N) is 1. The van der Waals surface area contributed by atoms with Crippen LogP contribution in [0.25, 0.3) is 11.1 Å². The summed E-state index contributed by atoms with van der Waals surface area (Å²) in [6.45, 7) is 0.473. The molecule has 160 valence electrons. The van der Waals surface area contributed by atoms with Gasteiger partial charge in [0.1, 0.15) is 5.75 Å². The molecule has 0 saturated heterocycles. The molecule has 0 radical (unpaired) electrons. The summed E-state index contributed by atoms with van der Waals surface area (Å²) in [6.07, 6.45) is 3.14. The fraction of sp³-hybridized carbons (Fsp3) is 0.231. The van der Waals surface area contributed by atoms with Crippen molar-refractivity contribution in [3.8, 4) is 16.9 Å². The number of carboxylic acid groups (broad SMARTS) is 1. The van der Waals surface area contributed by atoms with Gasteiger partial charge in [0.25, 0.3) is 0 Å². The predicted molar refractivity (Wildman–Crippen MR) is 121 cm³/mol. The van der Waals surface area contributed by atoms with Gasteiger partial charge >= 0.3 is 5.97 Å². The van der Waals surface area contributed by atoms with Crippen molar-refractivity contribution < 1.29 is 19.4 Å². The van der Waals surface area contributed by atoms with Crippen molar-refractivity contribution in [3.63, 3.8) is 0 Å². The molecule has 0 aliphatic carbocycles. The van der Waals surface area contributed by atoms with Gasteiger partial charge in [-0.05, 0) is 59.7 Å². The summed E-state index contributed by atoms with van der Waals surface area (Å²) in [6, 6.07) is 22.6. The lowest BCUT2D eigenvalue weighted by molar-refractivity contribution is -0.121. The zero-order valence-corrected chi connectivity index (χ0v) is 17.6. The van der Waals surface area contributed by atoms with Crippen LogP contribution in [0.4, 0.5) is 0 Å². The number of hydrogen-bond donors (Lipinski definition) is 2. The van der Waals surface area contributed by atoms with E-state index in [1.165, 1.54) is 5.56 Å². The highest BCUT2D eigenvalue weighted by atomic mass is 16.5. The maximum Gasteiger partial charge on any atom is 0.335 e. The van der Waals surface area contributed by atoms with E-state index in [9.17, 15) is 9.59 Å². The highest BCUT2D eigenvalue weighted by Gasteiger charge is 2.06. The number of methoxy groups -OCH3 is 1. The standard InChI is InChI=1S/C26H27NO4/c1-31-24-11-4-2-7-21(24)8-3-5-12-25(28)27-18-19-13-15-20(16-14-19)22-9-6-10-23(17-22)26(29)30/h2,4,6-7,9-11,13-17H,3,5,8,12,18H2,1H3,(H,27,28)(H,29,30). The zero-order chi connectivity index (χ0) is 22.1. The van der Waals surface area contributed by atoms with Crippen molar-refractivity contribution in [1.29, 1.82) is 0 Å². The molecule has 0 aromatic heterocycles. The molecule has 0 aliphatic heterocycles. The molecule has 0 aliphatic rings. The van der Waals surface area contributed by atoms with Gasteiger partial charge in [-0.3, -0.25) is 4.79 Å². The molecule has 0 bridgehead atoms. The Balaban J connectivity index is 1.43. The maximum absolute atomic E-state index is 12.1. The van der Waals surface area contributed by atoms with Gasteiger partial charge < -0.3 is 15.2 Å². The largest absolute Gasteiger partial charge is 0.496 e. The Bertz CT molecular complexity index is 1030. The minimum atomic E-state index is -0.941. The first-order valence-electron chi connectivity index (χ1n) is 10.4. The number of para-hydroxylation sites is 1. The molecule has 1 amide bonds. The lowest BCUT2D eigenvalue weighted by atomic mass is 10.0. The van der Waals surface area contributed by atoms with Gasteiger partial charge in [0.05, 0.1) is 12.7 Å². The summed E-state index contributed by atoms with van der Waals surface area (Å²) in [4.78, 5) is 23.3. The predicted octanol–water partition coefficient (Wildman–Crippen LogP) is 5.09. The highest BCUT2D eigenvalue weighted by molar-refractivity contribution is 5.89. The number of rotatable bonds is 10. The molecule has 0 unspecified atom stereocenters. The van der Waals surface area contributed by atoms with Crippen LogP contribution in [-0.2, 0) is 17.8 Å². The van der Waals surface area contributed by atoms with Crippen molar-refractivity contribution in [2.75, 3.05) is 7.11 Å². The first-order chi connectivity index (χ1) is 15.1. The average Bonchev–Trinajstić information content (AvgIpc) is 2.81. The SMILES string of the molecule is COc1ccccc1CCCCC(=O)NCc1ccc(-c2cccc(C(=O)O)c2)cc1. The first kappa shape index (κ1) is 22.1. The number of carboxylic acids is 1. The van der Waals surface area contributed by atoms with E-state index in [0.717, 1.165) is 41.7 Å². The zero-order valence-electron chi connectivity index (χ0n) is 17.6. The van der Waals surface area contributed by atoms with Crippen LogP contribution in [0.15, 0.2) is 72.8 Å². The number of aryl methyl sites for hydroxylation is 1. The lowest BCUT2D eigenvalue weighted by Gasteiger charge is -2.09. The second-order valence-electron chi connectivity index (χ2n) is 7.38. The minimum absolute atomic E-state index is 0.0401. The maximum atomic E-state index is 12.1. The molecule has 5 nitrogen and oxygen atoms in total. The normalized spacial score (nSPS) is 10.5. The minimum Gasteiger partial charge on any atom is -0.496 e. The first-order valence-corrected chi connectivity index (χ1v) is 10.4. The number of carbonyl (C=O) groups excluding carboxylic acids is 1. The average molecular weight is 418 g/mol. The third-order valence-corrected chi connectivity index (χ3v) is 5.18. The third-order valence-electron chi connectivity index (χ3n) is 5.18. The number of ether oxygens (including phenoxy) is 1. The van der Waals surface area contributed by atoms with Crippen LogP contribution in [0, 0.1) is 0 Å². The molecule has 5 heteroatoms. The molecule has 31 heavy (non-hydrogen) atoms. The molecule has 3 aromatic rings. The molecule has 2 N–H and O–H groups in total. The number of hydrogen-bond acceptors (Lipinski definition) is 3. The van der Waals surface area contributed by atoms with Gasteiger partial charge in [-0.1, -0.05) is 54.6 Å². The van der Waals surface area contributed by atoms with Gasteiger partial charge in [0.2, 0.25) is 5.91 Å². The van der Waals surface area contributed by atoms with Gasteiger partial charge in [-0.15, -0.1) is 0 Å². The smallest absolute Gasteiger partial charge is 0.335 e. The molecular formula is C26H27NO4. The molecule has 0 atom stereocenters. The quantitative estimate of drug-likeness (QED) is 0.451. The second-order valence-corrected chi connectivity index (χ2v) is 7.38. The number of unbranched alkanes of at least 4 members (excludes halogenated alkanes) is 1. The topological polar surface area (TPSA) is 75.6 Å². The van der Waals surface area contributed by atoms with E-state index in [0.29, 0.717) is 13.0 Å². The highest BCUT2D eigenvalue weighted by Crippen LogP contribution is 2.22. The number of aromatic carboxylic acids is 1. The Morgan fingerprint density at radius 3 is 2.42 bits per heavy atom.